The third-order valence-corrected chi connectivity index (χ3v) is 5.05. The molecule has 0 saturated heterocycles. The molecule has 8 nitrogen and oxygen atoms in total. The predicted molar refractivity (Wildman–Crippen MR) is 91.5 cm³/mol. The first-order valence-corrected chi connectivity index (χ1v) is 9.00. The van der Waals surface area contributed by atoms with Crippen LogP contribution >= 0.6 is 7.67 Å². The second-order valence-electron chi connectivity index (χ2n) is 5.19. The third-order valence-electron chi connectivity index (χ3n) is 3.54. The van der Waals surface area contributed by atoms with Crippen LogP contribution in [0.1, 0.15) is 0 Å². The van der Waals surface area contributed by atoms with E-state index < -0.39 is 7.67 Å². The van der Waals surface area contributed by atoms with Gasteiger partial charge in [0.2, 0.25) is 0 Å². The van der Waals surface area contributed by atoms with Crippen molar-refractivity contribution in [2.24, 2.45) is 0 Å². The van der Waals surface area contributed by atoms with Gasteiger partial charge in [-0.15, -0.1) is 0 Å². The quantitative estimate of drug-likeness (QED) is 0.567. The molecule has 1 N–H and O–H groups in total. The molecule has 0 fully saturated rings. The van der Waals surface area contributed by atoms with Crippen LogP contribution in [-0.2, 0) is 4.57 Å². The molecular weight excluding hydrogens is 339 g/mol. The van der Waals surface area contributed by atoms with Crippen LogP contribution in [0, 0.1) is 0 Å². The molecule has 0 radical (unpaired) electrons. The first kappa shape index (κ1) is 15.4. The maximum atomic E-state index is 12.8. The van der Waals surface area contributed by atoms with E-state index in [2.05, 4.69) is 20.2 Å². The van der Waals surface area contributed by atoms with Gasteiger partial charge in [0, 0.05) is 24.8 Å². The lowest BCUT2D eigenvalue weighted by atomic mass is 10.3. The van der Waals surface area contributed by atoms with Crippen LogP contribution in [0.2, 0.25) is 0 Å². The summed E-state index contributed by atoms with van der Waals surface area (Å²) in [7, 11) is -4.04. The van der Waals surface area contributed by atoms with Crippen molar-refractivity contribution in [3.05, 3.63) is 73.3 Å². The average Bonchev–Trinajstić information content (AvgIpc) is 3.34. The van der Waals surface area contributed by atoms with Crippen molar-refractivity contribution in [2.75, 3.05) is 0 Å². The van der Waals surface area contributed by atoms with E-state index in [4.69, 9.17) is 0 Å². The van der Waals surface area contributed by atoms with Gasteiger partial charge in [0.25, 0.3) is 0 Å². The van der Waals surface area contributed by atoms with Gasteiger partial charge >= 0.3 is 7.67 Å². The van der Waals surface area contributed by atoms with Gasteiger partial charge in [-0.1, -0.05) is 12.1 Å². The molecule has 0 spiro atoms. The number of hydrogen-bond acceptors (Lipinski definition) is 5. The Kier molecular flexibility index (Phi) is 3.76. The van der Waals surface area contributed by atoms with Gasteiger partial charge in [-0.3, -0.25) is 9.97 Å². The van der Waals surface area contributed by atoms with E-state index in [0.717, 1.165) is 8.90 Å². The van der Waals surface area contributed by atoms with Gasteiger partial charge in [0.05, 0.1) is 11.4 Å². The molecule has 0 aliphatic rings. The molecule has 0 bridgehead atoms. The van der Waals surface area contributed by atoms with E-state index in [0.29, 0.717) is 22.8 Å². The van der Waals surface area contributed by atoms with Gasteiger partial charge in [0.15, 0.2) is 0 Å². The zero-order valence-electron chi connectivity index (χ0n) is 12.9. The first-order chi connectivity index (χ1) is 12.1. The smallest absolute Gasteiger partial charge is 0.311 e. The summed E-state index contributed by atoms with van der Waals surface area (Å²) in [5.74, 6) is 0. The van der Waals surface area contributed by atoms with E-state index in [9.17, 15) is 9.46 Å². The second kappa shape index (κ2) is 6.08. The number of pyridine rings is 2. The SMILES string of the molecule is O=P(O)(n1ccc(-c2ccccn2)n1)n1ccc(-c2ccccn2)n1. The maximum Gasteiger partial charge on any atom is 0.433 e. The summed E-state index contributed by atoms with van der Waals surface area (Å²) in [6.45, 7) is 0. The highest BCUT2D eigenvalue weighted by Crippen LogP contribution is 2.43. The lowest BCUT2D eigenvalue weighted by Crippen LogP contribution is -2.07. The molecule has 9 heteroatoms. The Morgan fingerprint density at radius 1 is 0.720 bits per heavy atom. The molecule has 4 rings (SSSR count). The molecule has 0 saturated carbocycles. The molecule has 4 aromatic rings. The summed E-state index contributed by atoms with van der Waals surface area (Å²) >= 11 is 0. The van der Waals surface area contributed by atoms with Crippen molar-refractivity contribution in [3.8, 4) is 22.8 Å². The monoisotopic (exact) mass is 352 g/mol. The minimum Gasteiger partial charge on any atom is -0.311 e. The molecule has 4 aromatic heterocycles. The van der Waals surface area contributed by atoms with Crippen LogP contribution in [0.3, 0.4) is 0 Å². The fourth-order valence-corrected chi connectivity index (χ4v) is 3.41. The van der Waals surface area contributed by atoms with Crippen LogP contribution in [0.4, 0.5) is 0 Å². The summed E-state index contributed by atoms with van der Waals surface area (Å²) in [5.41, 5.74) is 2.26. The minimum absolute atomic E-state index is 0.506. The summed E-state index contributed by atoms with van der Waals surface area (Å²) in [6.07, 6.45) is 6.15. The summed E-state index contributed by atoms with van der Waals surface area (Å²) in [6, 6.07) is 14.1. The first-order valence-electron chi connectivity index (χ1n) is 7.43. The molecule has 124 valence electrons. The Morgan fingerprint density at radius 2 is 1.20 bits per heavy atom. The second-order valence-corrected chi connectivity index (χ2v) is 7.03. The summed E-state index contributed by atoms with van der Waals surface area (Å²) in [5, 5.41) is 8.35. The Morgan fingerprint density at radius 3 is 1.60 bits per heavy atom. The highest BCUT2D eigenvalue weighted by molar-refractivity contribution is 7.54. The van der Waals surface area contributed by atoms with Crippen LogP contribution in [0.5, 0.6) is 0 Å². The van der Waals surface area contributed by atoms with Gasteiger partial charge in [-0.25, -0.2) is 4.57 Å². The molecule has 0 aliphatic heterocycles. The molecule has 0 amide bonds. The maximum absolute atomic E-state index is 12.8. The molecule has 25 heavy (non-hydrogen) atoms. The Labute approximate surface area is 143 Å². The zero-order valence-corrected chi connectivity index (χ0v) is 13.8. The van der Waals surface area contributed by atoms with Crippen molar-refractivity contribution in [2.45, 2.75) is 0 Å². The molecule has 0 unspecified atom stereocenters. The molecule has 0 aromatic carbocycles. The van der Waals surface area contributed by atoms with Gasteiger partial charge < -0.3 is 4.89 Å². The van der Waals surface area contributed by atoms with E-state index in [1.807, 2.05) is 12.1 Å². The van der Waals surface area contributed by atoms with Crippen LogP contribution < -0.4 is 0 Å². The normalized spacial score (nSPS) is 11.6. The highest BCUT2D eigenvalue weighted by atomic mass is 31.2. The molecular formula is C16H13N6O2P. The predicted octanol–water partition coefficient (Wildman–Crippen LogP) is 2.70. The van der Waals surface area contributed by atoms with E-state index in [1.165, 1.54) is 12.4 Å². The van der Waals surface area contributed by atoms with Crippen LogP contribution in [-0.4, -0.2) is 34.0 Å². The number of nitrogens with zero attached hydrogens (tertiary/aromatic N) is 6. The minimum atomic E-state index is -4.04. The highest BCUT2D eigenvalue weighted by Gasteiger charge is 2.26. The lowest BCUT2D eigenvalue weighted by molar-refractivity contribution is 0.443. The average molecular weight is 352 g/mol. The molecule has 0 atom stereocenters. The van der Waals surface area contributed by atoms with Crippen molar-refractivity contribution in [1.82, 2.24) is 29.1 Å². The fourth-order valence-electron chi connectivity index (χ4n) is 2.31. The number of rotatable bonds is 4. The van der Waals surface area contributed by atoms with Gasteiger partial charge in [0.1, 0.15) is 11.4 Å². The third kappa shape index (κ3) is 2.88. The van der Waals surface area contributed by atoms with Crippen molar-refractivity contribution >= 4 is 7.67 Å². The lowest BCUT2D eigenvalue weighted by Gasteiger charge is -2.11. The van der Waals surface area contributed by atoms with Crippen molar-refractivity contribution in [1.29, 1.82) is 0 Å². The number of aromatic nitrogens is 6. The standard InChI is InChI=1S/C16H13N6O2P/c23-25(24,21-11-7-15(19-21)13-5-1-3-9-17-13)22-12-8-16(20-22)14-6-2-4-10-18-14/h1-12H,(H,23,24). The van der Waals surface area contributed by atoms with Gasteiger partial charge in [-0.2, -0.15) is 19.1 Å². The topological polar surface area (TPSA) is 98.7 Å². The van der Waals surface area contributed by atoms with Crippen LogP contribution in [0.25, 0.3) is 22.8 Å². The van der Waals surface area contributed by atoms with Crippen molar-refractivity contribution in [3.63, 3.8) is 0 Å². The van der Waals surface area contributed by atoms with Gasteiger partial charge in [-0.05, 0) is 36.4 Å². The molecule has 4 heterocycles. The number of hydrogen-bond donors (Lipinski definition) is 1. The Balaban J connectivity index is 1.68. The van der Waals surface area contributed by atoms with E-state index >= 15 is 0 Å². The summed E-state index contributed by atoms with van der Waals surface area (Å²) < 4.78 is 14.8. The molecule has 0 aliphatic carbocycles. The Hall–Kier alpha value is -3.09. The zero-order chi connectivity index (χ0) is 17.3. The fraction of sp³-hybridized carbons (Fsp3) is 0. The largest absolute Gasteiger partial charge is 0.433 e. The Bertz CT molecular complexity index is 963. The van der Waals surface area contributed by atoms with E-state index in [1.54, 1.807) is 48.8 Å². The van der Waals surface area contributed by atoms with Crippen molar-refractivity contribution < 1.29 is 9.46 Å². The summed E-state index contributed by atoms with van der Waals surface area (Å²) in [4.78, 5) is 18.9. The van der Waals surface area contributed by atoms with E-state index in [-0.39, 0.29) is 0 Å². The van der Waals surface area contributed by atoms with Crippen LogP contribution in [0.15, 0.2) is 73.3 Å².